The van der Waals surface area contributed by atoms with Crippen LogP contribution < -0.4 is 5.32 Å². The average Bonchev–Trinajstić information content (AvgIpc) is 2.97. The lowest BCUT2D eigenvalue weighted by Gasteiger charge is -2.37. The SMILES string of the molecule is C[C@@H](C(=O)NC1CCCCCC1)N1CCN(C/C=C/c2ccccc2)CC1. The zero-order chi connectivity index (χ0) is 18.9. The van der Waals surface area contributed by atoms with E-state index in [0.717, 1.165) is 45.6 Å². The van der Waals surface area contributed by atoms with Crippen molar-refractivity contribution in [2.45, 2.75) is 57.5 Å². The van der Waals surface area contributed by atoms with E-state index in [0.29, 0.717) is 6.04 Å². The number of benzene rings is 1. The third-order valence-corrected chi connectivity index (χ3v) is 6.01. The molecule has 2 aliphatic rings. The van der Waals surface area contributed by atoms with Gasteiger partial charge in [0.15, 0.2) is 0 Å². The smallest absolute Gasteiger partial charge is 0.237 e. The Morgan fingerprint density at radius 3 is 2.41 bits per heavy atom. The number of nitrogens with zero attached hydrogens (tertiary/aromatic N) is 2. The Morgan fingerprint density at radius 1 is 1.07 bits per heavy atom. The summed E-state index contributed by atoms with van der Waals surface area (Å²) in [6, 6.07) is 10.8. The van der Waals surface area contributed by atoms with Gasteiger partial charge in [-0.1, -0.05) is 68.2 Å². The topological polar surface area (TPSA) is 35.6 Å². The molecule has 0 unspecified atom stereocenters. The zero-order valence-electron chi connectivity index (χ0n) is 16.8. The predicted octanol–water partition coefficient (Wildman–Crippen LogP) is 3.54. The van der Waals surface area contributed by atoms with E-state index in [9.17, 15) is 4.79 Å². The van der Waals surface area contributed by atoms with E-state index in [4.69, 9.17) is 0 Å². The number of carbonyl (C=O) groups excluding carboxylic acids is 1. The maximum atomic E-state index is 12.7. The number of hydrogen-bond donors (Lipinski definition) is 1. The summed E-state index contributed by atoms with van der Waals surface area (Å²) >= 11 is 0. The Labute approximate surface area is 164 Å². The molecule has 4 heteroatoms. The lowest BCUT2D eigenvalue weighted by Crippen LogP contribution is -2.54. The minimum atomic E-state index is -0.0183. The molecule has 1 aromatic rings. The van der Waals surface area contributed by atoms with Crippen molar-refractivity contribution in [3.63, 3.8) is 0 Å². The third kappa shape index (κ3) is 6.47. The van der Waals surface area contributed by atoms with Crippen LogP contribution in [-0.4, -0.2) is 60.5 Å². The van der Waals surface area contributed by atoms with Crippen molar-refractivity contribution in [2.75, 3.05) is 32.7 Å². The fourth-order valence-corrected chi connectivity index (χ4v) is 4.15. The van der Waals surface area contributed by atoms with Crippen molar-refractivity contribution in [3.05, 3.63) is 42.0 Å². The first-order valence-corrected chi connectivity index (χ1v) is 10.7. The maximum Gasteiger partial charge on any atom is 0.237 e. The van der Waals surface area contributed by atoms with Gasteiger partial charge in [-0.3, -0.25) is 14.6 Å². The Balaban J connectivity index is 1.38. The van der Waals surface area contributed by atoms with Gasteiger partial charge in [0.1, 0.15) is 0 Å². The van der Waals surface area contributed by atoms with Crippen LogP contribution in [0.4, 0.5) is 0 Å². The monoisotopic (exact) mass is 369 g/mol. The molecule has 27 heavy (non-hydrogen) atoms. The highest BCUT2D eigenvalue weighted by Crippen LogP contribution is 2.17. The second-order valence-corrected chi connectivity index (χ2v) is 8.02. The molecule has 1 N–H and O–H groups in total. The van der Waals surface area contributed by atoms with E-state index < -0.39 is 0 Å². The van der Waals surface area contributed by atoms with Crippen molar-refractivity contribution in [1.29, 1.82) is 0 Å². The van der Waals surface area contributed by atoms with Crippen molar-refractivity contribution < 1.29 is 4.79 Å². The van der Waals surface area contributed by atoms with Crippen molar-refractivity contribution in [1.82, 2.24) is 15.1 Å². The first kappa shape index (κ1) is 20.1. The zero-order valence-corrected chi connectivity index (χ0v) is 16.8. The van der Waals surface area contributed by atoms with E-state index >= 15 is 0 Å². The van der Waals surface area contributed by atoms with Gasteiger partial charge in [-0.2, -0.15) is 0 Å². The highest BCUT2D eigenvalue weighted by Gasteiger charge is 2.26. The Morgan fingerprint density at radius 2 is 1.74 bits per heavy atom. The van der Waals surface area contributed by atoms with Gasteiger partial charge in [-0.15, -0.1) is 0 Å². The number of piperazine rings is 1. The summed E-state index contributed by atoms with van der Waals surface area (Å²) in [5.41, 5.74) is 1.25. The molecule has 1 aliphatic heterocycles. The first-order valence-electron chi connectivity index (χ1n) is 10.7. The fraction of sp³-hybridized carbons (Fsp3) is 0.609. The summed E-state index contributed by atoms with van der Waals surface area (Å²) in [5, 5.41) is 3.31. The molecule has 4 nitrogen and oxygen atoms in total. The minimum Gasteiger partial charge on any atom is -0.352 e. The molecule has 3 rings (SSSR count). The fourth-order valence-electron chi connectivity index (χ4n) is 4.15. The van der Waals surface area contributed by atoms with E-state index in [1.165, 1.54) is 31.2 Å². The lowest BCUT2D eigenvalue weighted by atomic mass is 10.1. The second kappa shape index (κ2) is 10.6. The van der Waals surface area contributed by atoms with Crippen LogP contribution in [0.5, 0.6) is 0 Å². The van der Waals surface area contributed by atoms with Crippen LogP contribution in [0, 0.1) is 0 Å². The molecule has 1 saturated heterocycles. The van der Waals surface area contributed by atoms with Gasteiger partial charge in [-0.05, 0) is 25.3 Å². The molecule has 1 atom stereocenters. The summed E-state index contributed by atoms with van der Waals surface area (Å²) in [7, 11) is 0. The molecule has 2 fully saturated rings. The van der Waals surface area contributed by atoms with Gasteiger partial charge < -0.3 is 5.32 Å². The van der Waals surface area contributed by atoms with Gasteiger partial charge >= 0.3 is 0 Å². The van der Waals surface area contributed by atoms with Gasteiger partial charge in [-0.25, -0.2) is 0 Å². The van der Waals surface area contributed by atoms with Crippen LogP contribution in [0.15, 0.2) is 36.4 Å². The number of nitrogens with one attached hydrogen (secondary N) is 1. The molecule has 0 bridgehead atoms. The van der Waals surface area contributed by atoms with Crippen molar-refractivity contribution in [3.8, 4) is 0 Å². The summed E-state index contributed by atoms with van der Waals surface area (Å²) in [6.07, 6.45) is 11.9. The molecular formula is C23H35N3O. The summed E-state index contributed by atoms with van der Waals surface area (Å²) < 4.78 is 0. The summed E-state index contributed by atoms with van der Waals surface area (Å²) in [4.78, 5) is 17.5. The number of hydrogen-bond acceptors (Lipinski definition) is 3. The summed E-state index contributed by atoms with van der Waals surface area (Å²) in [5.74, 6) is 0.222. The molecule has 1 heterocycles. The predicted molar refractivity (Wildman–Crippen MR) is 113 cm³/mol. The van der Waals surface area contributed by atoms with Gasteiger partial charge in [0.25, 0.3) is 0 Å². The van der Waals surface area contributed by atoms with Crippen LogP contribution >= 0.6 is 0 Å². The highest BCUT2D eigenvalue weighted by molar-refractivity contribution is 5.81. The van der Waals surface area contributed by atoms with Gasteiger partial charge in [0.2, 0.25) is 5.91 Å². The van der Waals surface area contributed by atoms with E-state index in [1.807, 2.05) is 6.07 Å². The molecule has 0 aromatic heterocycles. The lowest BCUT2D eigenvalue weighted by molar-refractivity contribution is -0.127. The van der Waals surface area contributed by atoms with E-state index in [2.05, 4.69) is 58.5 Å². The Kier molecular flexibility index (Phi) is 7.91. The van der Waals surface area contributed by atoms with Crippen LogP contribution in [-0.2, 0) is 4.79 Å². The third-order valence-electron chi connectivity index (χ3n) is 6.01. The van der Waals surface area contributed by atoms with Crippen LogP contribution in [0.2, 0.25) is 0 Å². The van der Waals surface area contributed by atoms with E-state index in [1.54, 1.807) is 0 Å². The molecule has 1 amide bonds. The maximum absolute atomic E-state index is 12.7. The largest absolute Gasteiger partial charge is 0.352 e. The second-order valence-electron chi connectivity index (χ2n) is 8.02. The number of rotatable bonds is 6. The first-order chi connectivity index (χ1) is 13.2. The molecule has 148 valence electrons. The molecule has 1 aromatic carbocycles. The van der Waals surface area contributed by atoms with Crippen LogP contribution in [0.25, 0.3) is 6.08 Å². The number of carbonyl (C=O) groups is 1. The molecular weight excluding hydrogens is 334 g/mol. The van der Waals surface area contributed by atoms with Crippen molar-refractivity contribution in [2.24, 2.45) is 0 Å². The molecule has 1 saturated carbocycles. The quantitative estimate of drug-likeness (QED) is 0.779. The summed E-state index contributed by atoms with van der Waals surface area (Å²) in [6.45, 7) is 7.04. The molecule has 0 radical (unpaired) electrons. The van der Waals surface area contributed by atoms with Gasteiger partial charge in [0, 0.05) is 38.8 Å². The normalized spacial score (nSPS) is 21.8. The average molecular weight is 370 g/mol. The van der Waals surface area contributed by atoms with E-state index in [-0.39, 0.29) is 11.9 Å². The standard InChI is InChI=1S/C23H35N3O/c1-20(23(27)24-22-13-7-2-3-8-14-22)26-18-16-25(17-19-26)15-9-12-21-10-5-4-6-11-21/h4-6,9-12,20,22H,2-3,7-8,13-19H2,1H3,(H,24,27)/b12-9+/t20-/m0/s1. The molecule has 1 aliphatic carbocycles. The molecule has 0 spiro atoms. The highest BCUT2D eigenvalue weighted by atomic mass is 16.2. The Bertz CT molecular complexity index is 585. The van der Waals surface area contributed by atoms with Crippen LogP contribution in [0.3, 0.4) is 0 Å². The minimum absolute atomic E-state index is 0.0183. The Hall–Kier alpha value is -1.65. The van der Waals surface area contributed by atoms with Gasteiger partial charge in [0.05, 0.1) is 6.04 Å². The number of amides is 1. The van der Waals surface area contributed by atoms with Crippen LogP contribution in [0.1, 0.15) is 51.0 Å². The van der Waals surface area contributed by atoms with Crippen molar-refractivity contribution >= 4 is 12.0 Å².